The summed E-state index contributed by atoms with van der Waals surface area (Å²) in [6.45, 7) is 3.05. The molecule has 0 amide bonds. The van der Waals surface area contributed by atoms with Gasteiger partial charge in [-0.1, -0.05) is 40.9 Å². The van der Waals surface area contributed by atoms with E-state index in [0.717, 1.165) is 36.4 Å². The number of hydrogen-bond donors (Lipinski definition) is 2. The molecule has 0 aliphatic heterocycles. The molecule has 146 valence electrons. The predicted octanol–water partition coefficient (Wildman–Crippen LogP) is 5.77. The molecule has 8 heteroatoms. The second-order valence-electron chi connectivity index (χ2n) is 5.42. The molecule has 0 aliphatic carbocycles. The summed E-state index contributed by atoms with van der Waals surface area (Å²) >= 11 is 18.1. The van der Waals surface area contributed by atoms with Crippen LogP contribution in [0.25, 0.3) is 0 Å². The maximum Gasteiger partial charge on any atom is 0.124 e. The largest absolute Gasteiger partial charge is 0.489 e. The molecule has 2 N–H and O–H groups in total. The first kappa shape index (κ1) is 25.6. The van der Waals surface area contributed by atoms with E-state index in [1.807, 2.05) is 37.4 Å². The minimum absolute atomic E-state index is 0. The van der Waals surface area contributed by atoms with Crippen LogP contribution in [0.5, 0.6) is 5.75 Å². The molecule has 2 rings (SSSR count). The number of ether oxygens (including phenoxy) is 1. The Morgan fingerprint density at radius 2 is 1.69 bits per heavy atom. The summed E-state index contributed by atoms with van der Waals surface area (Å²) in [6.07, 6.45) is 1.07. The van der Waals surface area contributed by atoms with Gasteiger partial charge in [-0.05, 0) is 62.5 Å². The fourth-order valence-electron chi connectivity index (χ4n) is 2.23. The zero-order valence-electron chi connectivity index (χ0n) is 14.4. The van der Waals surface area contributed by atoms with E-state index < -0.39 is 0 Å². The minimum Gasteiger partial charge on any atom is -0.489 e. The summed E-state index contributed by atoms with van der Waals surface area (Å²) in [4.78, 5) is 0. The summed E-state index contributed by atoms with van der Waals surface area (Å²) < 4.78 is 5.94. The summed E-state index contributed by atoms with van der Waals surface area (Å²) in [6, 6.07) is 11.1. The van der Waals surface area contributed by atoms with Crippen LogP contribution in [0.1, 0.15) is 17.5 Å². The van der Waals surface area contributed by atoms with Crippen LogP contribution in [-0.2, 0) is 13.2 Å². The van der Waals surface area contributed by atoms with Crippen molar-refractivity contribution >= 4 is 59.6 Å². The van der Waals surface area contributed by atoms with Gasteiger partial charge in [0.05, 0.1) is 10.0 Å². The third-order valence-electron chi connectivity index (χ3n) is 3.50. The van der Waals surface area contributed by atoms with Crippen molar-refractivity contribution in [1.29, 1.82) is 0 Å². The molecule has 0 radical (unpaired) electrons. The normalized spacial score (nSPS) is 10.0. The highest BCUT2D eigenvalue weighted by atomic mass is 35.5. The fraction of sp³-hybridized carbons (Fsp3) is 0.333. The van der Waals surface area contributed by atoms with Crippen LogP contribution in [-0.4, -0.2) is 20.1 Å². The summed E-state index contributed by atoms with van der Waals surface area (Å²) in [5, 5.41) is 8.30. The first-order valence-electron chi connectivity index (χ1n) is 7.80. The molecule has 0 atom stereocenters. The van der Waals surface area contributed by atoms with Crippen molar-refractivity contribution in [2.24, 2.45) is 0 Å². The molecule has 0 aliphatic rings. The standard InChI is InChI=1S/C18H21Cl3N2O.2ClH/c1-22-7-2-8-23-11-14-10-15(19)4-6-18(14)24-12-13-3-5-16(20)17(21)9-13;;/h3-6,9-10,22-23H,2,7-8,11-12H2,1H3;2*1H. The molecule has 3 nitrogen and oxygen atoms in total. The molecule has 0 fully saturated rings. The molecule has 0 aromatic heterocycles. The average Bonchev–Trinajstić information content (AvgIpc) is 2.57. The van der Waals surface area contributed by atoms with Crippen molar-refractivity contribution in [3.05, 3.63) is 62.6 Å². The van der Waals surface area contributed by atoms with E-state index in [1.165, 1.54) is 0 Å². The third-order valence-corrected chi connectivity index (χ3v) is 4.47. The molecular formula is C18H23Cl5N2O. The quantitative estimate of drug-likeness (QED) is 0.466. The van der Waals surface area contributed by atoms with Gasteiger partial charge in [0.2, 0.25) is 0 Å². The first-order chi connectivity index (χ1) is 11.6. The van der Waals surface area contributed by atoms with Gasteiger partial charge in [-0.25, -0.2) is 0 Å². The summed E-state index contributed by atoms with van der Waals surface area (Å²) in [5.74, 6) is 0.812. The lowest BCUT2D eigenvalue weighted by atomic mass is 10.2. The summed E-state index contributed by atoms with van der Waals surface area (Å²) in [7, 11) is 1.95. The van der Waals surface area contributed by atoms with E-state index in [0.29, 0.717) is 28.2 Å². The number of benzene rings is 2. The van der Waals surface area contributed by atoms with Crippen molar-refractivity contribution in [3.8, 4) is 5.75 Å². The van der Waals surface area contributed by atoms with E-state index >= 15 is 0 Å². The zero-order valence-corrected chi connectivity index (χ0v) is 18.3. The molecular weight excluding hydrogens is 437 g/mol. The van der Waals surface area contributed by atoms with Crippen LogP contribution < -0.4 is 15.4 Å². The molecule has 0 bridgehead atoms. The van der Waals surface area contributed by atoms with E-state index in [2.05, 4.69) is 10.6 Å². The van der Waals surface area contributed by atoms with Crippen molar-refractivity contribution < 1.29 is 4.74 Å². The van der Waals surface area contributed by atoms with E-state index in [1.54, 1.807) is 6.07 Å². The van der Waals surface area contributed by atoms with E-state index in [9.17, 15) is 0 Å². The molecule has 0 heterocycles. The van der Waals surface area contributed by atoms with Gasteiger partial charge < -0.3 is 15.4 Å². The summed E-state index contributed by atoms with van der Waals surface area (Å²) in [5.41, 5.74) is 2.00. The average molecular weight is 461 g/mol. The van der Waals surface area contributed by atoms with Crippen LogP contribution in [0, 0.1) is 0 Å². The molecule has 0 saturated carbocycles. The Kier molecular flexibility index (Phi) is 13.5. The highest BCUT2D eigenvalue weighted by molar-refractivity contribution is 6.42. The van der Waals surface area contributed by atoms with Gasteiger partial charge in [-0.15, -0.1) is 24.8 Å². The number of halogens is 5. The van der Waals surface area contributed by atoms with Crippen molar-refractivity contribution in [2.75, 3.05) is 20.1 Å². The Morgan fingerprint density at radius 3 is 2.38 bits per heavy atom. The van der Waals surface area contributed by atoms with E-state index in [-0.39, 0.29) is 24.8 Å². The van der Waals surface area contributed by atoms with Crippen LogP contribution in [0.3, 0.4) is 0 Å². The van der Waals surface area contributed by atoms with Crippen LogP contribution in [0.4, 0.5) is 0 Å². The van der Waals surface area contributed by atoms with Crippen molar-refractivity contribution in [2.45, 2.75) is 19.6 Å². The maximum absolute atomic E-state index is 6.11. The monoisotopic (exact) mass is 458 g/mol. The highest BCUT2D eigenvalue weighted by Gasteiger charge is 2.06. The van der Waals surface area contributed by atoms with Crippen LogP contribution >= 0.6 is 59.6 Å². The predicted molar refractivity (Wildman–Crippen MR) is 117 cm³/mol. The molecule has 0 spiro atoms. The first-order valence-corrected chi connectivity index (χ1v) is 8.94. The molecule has 2 aromatic carbocycles. The number of hydrogen-bond acceptors (Lipinski definition) is 3. The van der Waals surface area contributed by atoms with Gasteiger partial charge in [-0.3, -0.25) is 0 Å². The molecule has 2 aromatic rings. The fourth-order valence-corrected chi connectivity index (χ4v) is 2.75. The topological polar surface area (TPSA) is 33.3 Å². The van der Waals surface area contributed by atoms with Crippen molar-refractivity contribution in [3.63, 3.8) is 0 Å². The molecule has 0 unspecified atom stereocenters. The molecule has 0 saturated heterocycles. The Bertz CT molecular complexity index is 670. The lowest BCUT2D eigenvalue weighted by Crippen LogP contribution is -2.19. The smallest absolute Gasteiger partial charge is 0.124 e. The van der Waals surface area contributed by atoms with E-state index in [4.69, 9.17) is 39.5 Å². The van der Waals surface area contributed by atoms with Gasteiger partial charge in [0.1, 0.15) is 12.4 Å². The van der Waals surface area contributed by atoms with Crippen molar-refractivity contribution in [1.82, 2.24) is 10.6 Å². The Labute approximate surface area is 182 Å². The molecule has 26 heavy (non-hydrogen) atoms. The second kappa shape index (κ2) is 13.7. The second-order valence-corrected chi connectivity index (χ2v) is 6.67. The SMILES string of the molecule is CNCCCNCc1cc(Cl)ccc1OCc1ccc(Cl)c(Cl)c1.Cl.Cl. The van der Waals surface area contributed by atoms with Gasteiger partial charge in [-0.2, -0.15) is 0 Å². The maximum atomic E-state index is 6.11. The number of rotatable bonds is 9. The lowest BCUT2D eigenvalue weighted by molar-refractivity contribution is 0.302. The Hall–Kier alpha value is -0.390. The zero-order chi connectivity index (χ0) is 17.4. The Balaban J connectivity index is 0.00000312. The minimum atomic E-state index is 0. The van der Waals surface area contributed by atoms with Crippen LogP contribution in [0.15, 0.2) is 36.4 Å². The lowest BCUT2D eigenvalue weighted by Gasteiger charge is -2.13. The third kappa shape index (κ3) is 8.53. The number of nitrogens with one attached hydrogen (secondary N) is 2. The van der Waals surface area contributed by atoms with Gasteiger partial charge >= 0.3 is 0 Å². The highest BCUT2D eigenvalue weighted by Crippen LogP contribution is 2.26. The van der Waals surface area contributed by atoms with Crippen LogP contribution in [0.2, 0.25) is 15.1 Å². The van der Waals surface area contributed by atoms with Gasteiger partial charge in [0.25, 0.3) is 0 Å². The van der Waals surface area contributed by atoms with Gasteiger partial charge in [0, 0.05) is 17.1 Å². The Morgan fingerprint density at radius 1 is 0.923 bits per heavy atom. The van der Waals surface area contributed by atoms with Gasteiger partial charge in [0.15, 0.2) is 0 Å².